The van der Waals surface area contributed by atoms with Gasteiger partial charge >= 0.3 is 5.97 Å². The van der Waals surface area contributed by atoms with E-state index in [0.29, 0.717) is 24.0 Å². The van der Waals surface area contributed by atoms with Crippen molar-refractivity contribution in [3.8, 4) is 5.75 Å². The number of hydrogen-bond acceptors (Lipinski definition) is 4. The highest BCUT2D eigenvalue weighted by molar-refractivity contribution is 6.32. The van der Waals surface area contributed by atoms with Crippen molar-refractivity contribution in [2.24, 2.45) is 0 Å². The van der Waals surface area contributed by atoms with E-state index in [0.717, 1.165) is 5.56 Å². The zero-order chi connectivity index (χ0) is 17.0. The van der Waals surface area contributed by atoms with Gasteiger partial charge in [0.15, 0.2) is 6.10 Å². The monoisotopic (exact) mass is 341 g/mol. The number of ether oxygens (including phenoxy) is 2. The van der Waals surface area contributed by atoms with E-state index in [4.69, 9.17) is 21.1 Å². The molecular formula is C16H20ClNO5. The Morgan fingerprint density at radius 1 is 1.39 bits per heavy atom. The first kappa shape index (κ1) is 17.6. The molecule has 1 aliphatic rings. The van der Waals surface area contributed by atoms with E-state index in [2.05, 4.69) is 5.32 Å². The average Bonchev–Trinajstić information content (AvgIpc) is 2.51. The van der Waals surface area contributed by atoms with E-state index in [1.54, 1.807) is 19.1 Å². The molecule has 1 unspecified atom stereocenters. The zero-order valence-electron chi connectivity index (χ0n) is 13.1. The molecule has 7 heteroatoms. The lowest BCUT2D eigenvalue weighted by atomic mass is 9.90. The summed E-state index contributed by atoms with van der Waals surface area (Å²) in [5, 5.41) is 12.5. The van der Waals surface area contributed by atoms with Crippen LogP contribution in [0.15, 0.2) is 18.2 Å². The molecule has 1 heterocycles. The zero-order valence-corrected chi connectivity index (χ0v) is 13.9. The standard InChI is InChI=1S/C16H20ClNO5/c1-10-3-4-12(17)13(9-10)23-11(2)14(19)18-16(15(20)21)5-7-22-8-6-16/h3-4,9,11H,5-8H2,1-2H3,(H,18,19)(H,20,21). The molecule has 0 aliphatic carbocycles. The highest BCUT2D eigenvalue weighted by atomic mass is 35.5. The summed E-state index contributed by atoms with van der Waals surface area (Å²) in [6.45, 7) is 4.04. The number of aliphatic carboxylic acids is 1. The first-order valence-corrected chi connectivity index (χ1v) is 7.78. The number of carboxylic acids is 1. The molecule has 2 N–H and O–H groups in total. The Morgan fingerprint density at radius 3 is 2.65 bits per heavy atom. The van der Waals surface area contributed by atoms with Crippen LogP contribution in [0.3, 0.4) is 0 Å². The van der Waals surface area contributed by atoms with Crippen LogP contribution in [0.5, 0.6) is 5.75 Å². The fourth-order valence-corrected chi connectivity index (χ4v) is 2.56. The number of carbonyl (C=O) groups is 2. The summed E-state index contributed by atoms with van der Waals surface area (Å²) in [5.41, 5.74) is -0.355. The summed E-state index contributed by atoms with van der Waals surface area (Å²) in [5.74, 6) is -1.16. The van der Waals surface area contributed by atoms with E-state index < -0.39 is 23.5 Å². The van der Waals surface area contributed by atoms with Gasteiger partial charge < -0.3 is 19.9 Å². The first-order chi connectivity index (χ1) is 10.8. The predicted molar refractivity (Wildman–Crippen MR) is 84.8 cm³/mol. The van der Waals surface area contributed by atoms with Gasteiger partial charge in [-0.2, -0.15) is 0 Å². The summed E-state index contributed by atoms with van der Waals surface area (Å²) in [6.07, 6.45) is -0.411. The number of hydrogen-bond donors (Lipinski definition) is 2. The Labute approximate surface area is 139 Å². The number of benzene rings is 1. The van der Waals surface area contributed by atoms with Crippen molar-refractivity contribution in [3.63, 3.8) is 0 Å². The highest BCUT2D eigenvalue weighted by Crippen LogP contribution is 2.27. The second-order valence-corrected chi connectivity index (χ2v) is 6.09. The van der Waals surface area contributed by atoms with Crippen LogP contribution < -0.4 is 10.1 Å². The lowest BCUT2D eigenvalue weighted by Crippen LogP contribution is -2.59. The van der Waals surface area contributed by atoms with Gasteiger partial charge in [0, 0.05) is 26.1 Å². The predicted octanol–water partition coefficient (Wildman–Crippen LogP) is 2.17. The molecule has 6 nitrogen and oxygen atoms in total. The van der Waals surface area contributed by atoms with Crippen molar-refractivity contribution in [2.75, 3.05) is 13.2 Å². The summed E-state index contributed by atoms with van der Waals surface area (Å²) in [7, 11) is 0. The molecule has 0 radical (unpaired) electrons. The van der Waals surface area contributed by atoms with Gasteiger partial charge in [0.05, 0.1) is 5.02 Å². The molecule has 1 amide bonds. The molecule has 126 valence electrons. The van der Waals surface area contributed by atoms with Crippen molar-refractivity contribution in [1.82, 2.24) is 5.32 Å². The van der Waals surface area contributed by atoms with Crippen molar-refractivity contribution in [3.05, 3.63) is 28.8 Å². The Bertz CT molecular complexity index is 598. The highest BCUT2D eigenvalue weighted by Gasteiger charge is 2.42. The van der Waals surface area contributed by atoms with E-state index >= 15 is 0 Å². The van der Waals surface area contributed by atoms with E-state index in [-0.39, 0.29) is 12.8 Å². The molecule has 0 aromatic heterocycles. The van der Waals surface area contributed by atoms with Gasteiger partial charge in [-0.1, -0.05) is 17.7 Å². The number of aryl methyl sites for hydroxylation is 1. The number of halogens is 1. The van der Waals surface area contributed by atoms with Crippen LogP contribution in [0.1, 0.15) is 25.3 Å². The largest absolute Gasteiger partial charge is 0.480 e. The van der Waals surface area contributed by atoms with Crippen molar-refractivity contribution in [1.29, 1.82) is 0 Å². The molecule has 1 aromatic rings. The van der Waals surface area contributed by atoms with Gasteiger partial charge in [-0.3, -0.25) is 4.79 Å². The van der Waals surface area contributed by atoms with Crippen LogP contribution in [0, 0.1) is 6.92 Å². The average molecular weight is 342 g/mol. The van der Waals surface area contributed by atoms with Crippen LogP contribution in [0.25, 0.3) is 0 Å². The molecule has 23 heavy (non-hydrogen) atoms. The lowest BCUT2D eigenvalue weighted by Gasteiger charge is -2.34. The normalized spacial score (nSPS) is 18.0. The van der Waals surface area contributed by atoms with E-state index in [1.165, 1.54) is 0 Å². The van der Waals surface area contributed by atoms with Crippen LogP contribution >= 0.6 is 11.6 Å². The second-order valence-electron chi connectivity index (χ2n) is 5.68. The van der Waals surface area contributed by atoms with Crippen LogP contribution in [-0.4, -0.2) is 41.8 Å². The quantitative estimate of drug-likeness (QED) is 0.857. The first-order valence-electron chi connectivity index (χ1n) is 7.40. The number of carbonyl (C=O) groups excluding carboxylic acids is 1. The molecule has 0 bridgehead atoms. The summed E-state index contributed by atoms with van der Waals surface area (Å²) < 4.78 is 10.8. The third kappa shape index (κ3) is 4.14. The van der Waals surface area contributed by atoms with Crippen LogP contribution in [0.2, 0.25) is 5.02 Å². The minimum absolute atomic E-state index is 0.228. The van der Waals surface area contributed by atoms with Crippen molar-refractivity contribution < 1.29 is 24.2 Å². The van der Waals surface area contributed by atoms with E-state index in [1.807, 2.05) is 13.0 Å². The molecule has 1 aliphatic heterocycles. The number of carboxylic acid groups (broad SMARTS) is 1. The summed E-state index contributed by atoms with van der Waals surface area (Å²) in [4.78, 5) is 23.9. The summed E-state index contributed by atoms with van der Waals surface area (Å²) in [6, 6.07) is 5.25. The fraction of sp³-hybridized carbons (Fsp3) is 0.500. The molecule has 0 spiro atoms. The number of amides is 1. The maximum Gasteiger partial charge on any atom is 0.329 e. The summed E-state index contributed by atoms with van der Waals surface area (Å²) >= 11 is 6.05. The maximum absolute atomic E-state index is 12.3. The smallest absolute Gasteiger partial charge is 0.329 e. The molecule has 1 saturated heterocycles. The Kier molecular flexibility index (Phi) is 5.49. The second kappa shape index (κ2) is 7.19. The molecule has 1 atom stereocenters. The van der Waals surface area contributed by atoms with Crippen LogP contribution in [0.4, 0.5) is 0 Å². The molecule has 0 saturated carbocycles. The molecule has 1 aromatic carbocycles. The van der Waals surface area contributed by atoms with Gasteiger partial charge in [0.25, 0.3) is 5.91 Å². The fourth-order valence-electron chi connectivity index (χ4n) is 2.39. The van der Waals surface area contributed by atoms with Gasteiger partial charge in [0.2, 0.25) is 0 Å². The third-order valence-electron chi connectivity index (χ3n) is 3.88. The van der Waals surface area contributed by atoms with Crippen LogP contribution in [-0.2, 0) is 14.3 Å². The van der Waals surface area contributed by atoms with E-state index in [9.17, 15) is 14.7 Å². The third-order valence-corrected chi connectivity index (χ3v) is 4.19. The molecule has 1 fully saturated rings. The number of rotatable bonds is 5. The lowest BCUT2D eigenvalue weighted by molar-refractivity contribution is -0.153. The van der Waals surface area contributed by atoms with Crippen molar-refractivity contribution >= 4 is 23.5 Å². The number of nitrogens with one attached hydrogen (secondary N) is 1. The van der Waals surface area contributed by atoms with Gasteiger partial charge in [-0.15, -0.1) is 0 Å². The van der Waals surface area contributed by atoms with Gasteiger partial charge in [-0.25, -0.2) is 4.79 Å². The Hall–Kier alpha value is -1.79. The van der Waals surface area contributed by atoms with Crippen molar-refractivity contribution in [2.45, 2.75) is 38.3 Å². The topological polar surface area (TPSA) is 84.9 Å². The van der Waals surface area contributed by atoms with Gasteiger partial charge in [0.1, 0.15) is 11.3 Å². The minimum atomic E-state index is -1.30. The minimum Gasteiger partial charge on any atom is -0.480 e. The molecule has 2 rings (SSSR count). The van der Waals surface area contributed by atoms with Gasteiger partial charge in [-0.05, 0) is 31.5 Å². The molecular weight excluding hydrogens is 322 g/mol. The maximum atomic E-state index is 12.3. The Balaban J connectivity index is 2.07. The Morgan fingerprint density at radius 2 is 2.04 bits per heavy atom. The SMILES string of the molecule is Cc1ccc(Cl)c(OC(C)C(=O)NC2(C(=O)O)CCOCC2)c1.